The van der Waals surface area contributed by atoms with Gasteiger partial charge in [-0.05, 0) is 37.5 Å². The fourth-order valence-corrected chi connectivity index (χ4v) is 3.66. The zero-order valence-electron chi connectivity index (χ0n) is 15.8. The number of halogens is 1. The summed E-state index contributed by atoms with van der Waals surface area (Å²) in [7, 11) is 0. The first-order valence-corrected chi connectivity index (χ1v) is 9.84. The molecule has 9 heteroatoms. The normalized spacial score (nSPS) is 17.4. The van der Waals surface area contributed by atoms with Crippen LogP contribution in [0.25, 0.3) is 10.9 Å². The van der Waals surface area contributed by atoms with Gasteiger partial charge in [0.15, 0.2) is 5.69 Å². The molecule has 2 aromatic heterocycles. The lowest BCUT2D eigenvalue weighted by Crippen LogP contribution is -2.49. The summed E-state index contributed by atoms with van der Waals surface area (Å²) in [6.07, 6.45) is 5.14. The molecule has 8 nitrogen and oxygen atoms in total. The van der Waals surface area contributed by atoms with Gasteiger partial charge < -0.3 is 14.5 Å². The van der Waals surface area contributed by atoms with Crippen LogP contribution in [0.1, 0.15) is 29.8 Å². The summed E-state index contributed by atoms with van der Waals surface area (Å²) in [4.78, 5) is 25.3. The number of amides is 1. The first-order valence-electron chi connectivity index (χ1n) is 9.84. The molecular weight excluding hydrogens is 375 g/mol. The summed E-state index contributed by atoms with van der Waals surface area (Å²) in [5.74, 6) is 0.816. The number of nitrogens with zero attached hydrogens (tertiary/aromatic N) is 5. The van der Waals surface area contributed by atoms with E-state index < -0.39 is 0 Å². The molecule has 29 heavy (non-hydrogen) atoms. The van der Waals surface area contributed by atoms with Crippen molar-refractivity contribution < 1.29 is 13.9 Å². The van der Waals surface area contributed by atoms with E-state index in [-0.39, 0.29) is 23.5 Å². The van der Waals surface area contributed by atoms with Crippen molar-refractivity contribution in [1.82, 2.24) is 25.1 Å². The summed E-state index contributed by atoms with van der Waals surface area (Å²) in [5, 5.41) is 7.41. The molecule has 0 bridgehead atoms. The summed E-state index contributed by atoms with van der Waals surface area (Å²) in [6, 6.07) is 6.13. The van der Waals surface area contributed by atoms with E-state index in [1.54, 1.807) is 11.0 Å². The maximum absolute atomic E-state index is 13.6. The fraction of sp³-hybridized carbons (Fsp3) is 0.400. The standard InChI is InChI=1S/C20H21FN6O2/c21-13-4-5-16-15(10-13)19(25-24-16)20(28)27-8-6-26(7-9-27)17-11-18(23-12-22-17)29-14-2-1-3-14/h4-5,10-12,14H,1-3,6-9H2,(H,24,25). The molecule has 1 saturated carbocycles. The van der Waals surface area contributed by atoms with Gasteiger partial charge in [0.2, 0.25) is 5.88 Å². The number of hydrogen-bond acceptors (Lipinski definition) is 6. The number of rotatable bonds is 4. The van der Waals surface area contributed by atoms with Crippen molar-refractivity contribution in [3.05, 3.63) is 42.1 Å². The molecule has 0 spiro atoms. The van der Waals surface area contributed by atoms with Gasteiger partial charge in [-0.1, -0.05) is 0 Å². The van der Waals surface area contributed by atoms with Gasteiger partial charge in [-0.3, -0.25) is 9.89 Å². The lowest BCUT2D eigenvalue weighted by molar-refractivity contribution is 0.0742. The smallest absolute Gasteiger partial charge is 0.275 e. The zero-order chi connectivity index (χ0) is 19.8. The Morgan fingerprint density at radius 2 is 1.97 bits per heavy atom. The maximum Gasteiger partial charge on any atom is 0.275 e. The Morgan fingerprint density at radius 3 is 2.72 bits per heavy atom. The highest BCUT2D eigenvalue weighted by molar-refractivity contribution is 6.04. The van der Waals surface area contributed by atoms with Crippen LogP contribution in [0.5, 0.6) is 5.88 Å². The third-order valence-electron chi connectivity index (χ3n) is 5.59. The van der Waals surface area contributed by atoms with Crippen molar-refractivity contribution in [1.29, 1.82) is 0 Å². The average Bonchev–Trinajstić information content (AvgIpc) is 3.13. The minimum absolute atomic E-state index is 0.196. The first kappa shape index (κ1) is 17.8. The largest absolute Gasteiger partial charge is 0.474 e. The second kappa shape index (κ2) is 7.31. The van der Waals surface area contributed by atoms with E-state index in [1.807, 2.05) is 6.07 Å². The zero-order valence-corrected chi connectivity index (χ0v) is 15.8. The fourth-order valence-electron chi connectivity index (χ4n) is 3.66. The second-order valence-electron chi connectivity index (χ2n) is 7.43. The molecule has 3 aromatic rings. The number of benzene rings is 1. The molecule has 3 heterocycles. The van der Waals surface area contributed by atoms with Gasteiger partial charge in [-0.25, -0.2) is 14.4 Å². The Labute approximate surface area is 166 Å². The van der Waals surface area contributed by atoms with Gasteiger partial charge >= 0.3 is 0 Å². The highest BCUT2D eigenvalue weighted by Crippen LogP contribution is 2.26. The lowest BCUT2D eigenvalue weighted by Gasteiger charge is -2.35. The molecule has 0 radical (unpaired) electrons. The molecule has 0 unspecified atom stereocenters. The van der Waals surface area contributed by atoms with Crippen molar-refractivity contribution in [3.8, 4) is 5.88 Å². The van der Waals surface area contributed by atoms with Crippen molar-refractivity contribution >= 4 is 22.6 Å². The van der Waals surface area contributed by atoms with Crippen LogP contribution < -0.4 is 9.64 Å². The predicted octanol–water partition coefficient (Wildman–Crippen LogP) is 2.39. The summed E-state index contributed by atoms with van der Waals surface area (Å²) in [6.45, 7) is 2.35. The lowest BCUT2D eigenvalue weighted by atomic mass is 9.96. The molecule has 1 aliphatic heterocycles. The van der Waals surface area contributed by atoms with Crippen LogP contribution >= 0.6 is 0 Å². The van der Waals surface area contributed by atoms with Crippen LogP contribution in [0.3, 0.4) is 0 Å². The van der Waals surface area contributed by atoms with Crippen LogP contribution in [0.2, 0.25) is 0 Å². The highest BCUT2D eigenvalue weighted by atomic mass is 19.1. The molecule has 2 aliphatic rings. The van der Waals surface area contributed by atoms with Crippen LogP contribution in [-0.2, 0) is 0 Å². The van der Waals surface area contributed by atoms with Gasteiger partial charge in [-0.15, -0.1) is 0 Å². The van der Waals surface area contributed by atoms with Gasteiger partial charge in [0.25, 0.3) is 5.91 Å². The number of carbonyl (C=O) groups excluding carboxylic acids is 1. The topological polar surface area (TPSA) is 87.2 Å². The first-order chi connectivity index (χ1) is 14.2. The number of H-pyrrole nitrogens is 1. The number of anilines is 1. The number of hydrogen-bond donors (Lipinski definition) is 1. The quantitative estimate of drug-likeness (QED) is 0.729. The predicted molar refractivity (Wildman–Crippen MR) is 104 cm³/mol. The molecule has 2 fully saturated rings. The Bertz CT molecular complexity index is 1040. The number of carbonyl (C=O) groups is 1. The molecule has 1 saturated heterocycles. The Kier molecular flexibility index (Phi) is 4.49. The highest BCUT2D eigenvalue weighted by Gasteiger charge is 2.26. The van der Waals surface area contributed by atoms with E-state index in [0.717, 1.165) is 18.7 Å². The third kappa shape index (κ3) is 3.48. The number of aromatic nitrogens is 4. The van der Waals surface area contributed by atoms with Gasteiger partial charge in [0.05, 0.1) is 5.52 Å². The van der Waals surface area contributed by atoms with Crippen molar-refractivity contribution in [2.75, 3.05) is 31.1 Å². The van der Waals surface area contributed by atoms with E-state index in [0.29, 0.717) is 43.0 Å². The second-order valence-corrected chi connectivity index (χ2v) is 7.43. The van der Waals surface area contributed by atoms with E-state index >= 15 is 0 Å². The number of aromatic amines is 1. The monoisotopic (exact) mass is 396 g/mol. The van der Waals surface area contributed by atoms with E-state index in [2.05, 4.69) is 25.1 Å². The van der Waals surface area contributed by atoms with E-state index in [1.165, 1.54) is 24.9 Å². The summed E-state index contributed by atoms with van der Waals surface area (Å²) >= 11 is 0. The molecule has 1 aromatic carbocycles. The number of piperazine rings is 1. The van der Waals surface area contributed by atoms with Gasteiger partial charge in [-0.2, -0.15) is 5.10 Å². The van der Waals surface area contributed by atoms with Crippen LogP contribution in [0.15, 0.2) is 30.6 Å². The Balaban J connectivity index is 1.26. The van der Waals surface area contributed by atoms with Crippen molar-refractivity contribution in [2.45, 2.75) is 25.4 Å². The molecule has 150 valence electrons. The van der Waals surface area contributed by atoms with Crippen molar-refractivity contribution in [2.24, 2.45) is 0 Å². The average molecular weight is 396 g/mol. The number of fused-ring (bicyclic) bond motifs is 1. The minimum Gasteiger partial charge on any atom is -0.474 e. The van der Waals surface area contributed by atoms with E-state index in [4.69, 9.17) is 4.74 Å². The Hall–Kier alpha value is -3.23. The van der Waals surface area contributed by atoms with Crippen LogP contribution in [0.4, 0.5) is 10.2 Å². The number of nitrogens with one attached hydrogen (secondary N) is 1. The molecular formula is C20H21FN6O2. The third-order valence-corrected chi connectivity index (χ3v) is 5.59. The van der Waals surface area contributed by atoms with E-state index in [9.17, 15) is 9.18 Å². The molecule has 0 atom stereocenters. The summed E-state index contributed by atoms with van der Waals surface area (Å²) < 4.78 is 19.4. The van der Waals surface area contributed by atoms with Crippen LogP contribution in [0, 0.1) is 5.82 Å². The molecule has 5 rings (SSSR count). The summed E-state index contributed by atoms with van der Waals surface area (Å²) in [5.41, 5.74) is 0.902. The van der Waals surface area contributed by atoms with Gasteiger partial charge in [0, 0.05) is 37.6 Å². The van der Waals surface area contributed by atoms with Crippen LogP contribution in [-0.4, -0.2) is 63.3 Å². The molecule has 1 N–H and O–H groups in total. The Morgan fingerprint density at radius 1 is 1.14 bits per heavy atom. The molecule has 1 amide bonds. The van der Waals surface area contributed by atoms with Crippen molar-refractivity contribution in [3.63, 3.8) is 0 Å². The molecule has 1 aliphatic carbocycles. The van der Waals surface area contributed by atoms with Gasteiger partial charge in [0.1, 0.15) is 24.1 Å². The SMILES string of the molecule is O=C(c1n[nH]c2ccc(F)cc12)N1CCN(c2cc(OC3CCC3)ncn2)CC1. The maximum atomic E-state index is 13.6. The minimum atomic E-state index is -0.388. The number of ether oxygens (including phenoxy) is 1.